The van der Waals surface area contributed by atoms with Gasteiger partial charge in [-0.25, -0.2) is 4.79 Å². The molecule has 1 N–H and O–H groups in total. The van der Waals surface area contributed by atoms with Gasteiger partial charge in [-0.2, -0.15) is 3.93 Å². The number of hydrogen-bond acceptors (Lipinski definition) is 3. The van der Waals surface area contributed by atoms with Crippen LogP contribution < -0.4 is 5.32 Å². The summed E-state index contributed by atoms with van der Waals surface area (Å²) < 4.78 is 0.731. The molecule has 0 rings (SSSR count). The highest BCUT2D eigenvalue weighted by molar-refractivity contribution is 9.08. The minimum absolute atomic E-state index is 0.160. The van der Waals surface area contributed by atoms with E-state index in [1.165, 1.54) is 6.92 Å². The first-order chi connectivity index (χ1) is 6.34. The Labute approximate surface area is 91.2 Å². The van der Waals surface area contributed by atoms with Gasteiger partial charge in [0.25, 0.3) is 0 Å². The third-order valence-electron chi connectivity index (χ3n) is 1.26. The molecule has 0 fully saturated rings. The number of carbonyl (C=O) groups is 3. The van der Waals surface area contributed by atoms with Crippen molar-refractivity contribution < 1.29 is 14.4 Å². The molecular weight excluding hydrogens is 252 g/mol. The zero-order valence-electron chi connectivity index (χ0n) is 8.33. The van der Waals surface area contributed by atoms with Crippen LogP contribution in [0.4, 0.5) is 4.79 Å². The molecule has 80 valence electrons. The molecule has 0 aliphatic heterocycles. The van der Waals surface area contributed by atoms with Gasteiger partial charge in [0.2, 0.25) is 11.8 Å². The summed E-state index contributed by atoms with van der Waals surface area (Å²) in [5.41, 5.74) is 0. The lowest BCUT2D eigenvalue weighted by atomic mass is 10.1. The molecule has 0 radical (unpaired) electrons. The summed E-state index contributed by atoms with van der Waals surface area (Å²) in [5, 5.41) is 1.98. The molecule has 14 heavy (non-hydrogen) atoms. The summed E-state index contributed by atoms with van der Waals surface area (Å²) in [4.78, 5) is 32.9. The van der Waals surface area contributed by atoms with E-state index < -0.39 is 11.9 Å². The number of halogens is 1. The Bertz CT molecular complexity index is 253. The molecule has 0 aromatic carbocycles. The van der Waals surface area contributed by atoms with Crippen LogP contribution in [0.3, 0.4) is 0 Å². The molecule has 0 aliphatic carbocycles. The molecule has 0 bridgehead atoms. The van der Waals surface area contributed by atoms with E-state index in [2.05, 4.69) is 16.1 Å². The van der Waals surface area contributed by atoms with Crippen LogP contribution in [-0.2, 0) is 9.59 Å². The van der Waals surface area contributed by atoms with Gasteiger partial charge >= 0.3 is 6.03 Å². The molecule has 5 nitrogen and oxygen atoms in total. The van der Waals surface area contributed by atoms with Crippen molar-refractivity contribution in [1.29, 1.82) is 0 Å². The third-order valence-corrected chi connectivity index (χ3v) is 1.98. The van der Waals surface area contributed by atoms with Crippen molar-refractivity contribution in [1.82, 2.24) is 9.24 Å². The smallest absolute Gasteiger partial charge is 0.277 e. The highest BCUT2D eigenvalue weighted by atomic mass is 79.9. The molecule has 0 unspecified atom stereocenters. The number of nitrogens with one attached hydrogen (secondary N) is 1. The maximum Gasteiger partial charge on any atom is 0.341 e. The van der Waals surface area contributed by atoms with Crippen LogP contribution in [0, 0.1) is 5.92 Å². The van der Waals surface area contributed by atoms with Crippen LogP contribution in [0.25, 0.3) is 0 Å². The average Bonchev–Trinajstić information content (AvgIpc) is 2.00. The Morgan fingerprint density at radius 3 is 2.21 bits per heavy atom. The van der Waals surface area contributed by atoms with Crippen LogP contribution in [0.5, 0.6) is 0 Å². The van der Waals surface area contributed by atoms with Crippen molar-refractivity contribution in [2.24, 2.45) is 5.92 Å². The largest absolute Gasteiger partial charge is 0.341 e. The van der Waals surface area contributed by atoms with Gasteiger partial charge in [-0.3, -0.25) is 14.9 Å². The second kappa shape index (κ2) is 5.74. The van der Waals surface area contributed by atoms with E-state index in [0.29, 0.717) is 0 Å². The second-order valence-corrected chi connectivity index (χ2v) is 3.97. The first kappa shape index (κ1) is 13.1. The zero-order valence-corrected chi connectivity index (χ0v) is 9.92. The first-order valence-electron chi connectivity index (χ1n) is 4.15. The van der Waals surface area contributed by atoms with Gasteiger partial charge in [0.15, 0.2) is 0 Å². The Morgan fingerprint density at radius 1 is 1.36 bits per heavy atom. The molecule has 0 saturated heterocycles. The minimum atomic E-state index is -0.761. The first-order valence-corrected chi connectivity index (χ1v) is 4.85. The lowest BCUT2D eigenvalue weighted by Crippen LogP contribution is -2.39. The van der Waals surface area contributed by atoms with E-state index >= 15 is 0 Å². The van der Waals surface area contributed by atoms with E-state index in [1.807, 2.05) is 19.2 Å². The topological polar surface area (TPSA) is 66.5 Å². The van der Waals surface area contributed by atoms with Crippen LogP contribution in [0.15, 0.2) is 0 Å². The van der Waals surface area contributed by atoms with E-state index in [0.717, 1.165) is 3.93 Å². The number of carbonyl (C=O) groups excluding carboxylic acids is 3. The van der Waals surface area contributed by atoms with Gasteiger partial charge in [-0.05, 0) is 5.92 Å². The van der Waals surface area contributed by atoms with Crippen molar-refractivity contribution in [2.45, 2.75) is 27.2 Å². The van der Waals surface area contributed by atoms with Gasteiger partial charge in [-0.1, -0.05) is 13.8 Å². The number of rotatable bonds is 2. The number of urea groups is 1. The van der Waals surface area contributed by atoms with E-state index in [4.69, 9.17) is 0 Å². The van der Waals surface area contributed by atoms with Crippen LogP contribution in [0.2, 0.25) is 0 Å². The molecule has 0 heterocycles. The van der Waals surface area contributed by atoms with Crippen molar-refractivity contribution in [2.75, 3.05) is 0 Å². The number of amides is 4. The van der Waals surface area contributed by atoms with Crippen molar-refractivity contribution in [3.8, 4) is 0 Å². The van der Waals surface area contributed by atoms with Gasteiger partial charge in [0, 0.05) is 13.3 Å². The average molecular weight is 265 g/mol. The van der Waals surface area contributed by atoms with Gasteiger partial charge in [0.1, 0.15) is 0 Å². The maximum absolute atomic E-state index is 11.3. The molecule has 0 spiro atoms. The molecule has 0 atom stereocenters. The standard InChI is InChI=1S/C8H13BrN2O3/c1-5(2)4-7(13)11(9)8(14)10-6(3)12/h5H,4H2,1-3H3,(H,10,12,14). The fourth-order valence-corrected chi connectivity index (χ4v) is 0.976. The number of nitrogens with zero attached hydrogens (tertiary/aromatic N) is 1. The summed E-state index contributed by atoms with van der Waals surface area (Å²) in [6.45, 7) is 4.93. The fraction of sp³-hybridized carbons (Fsp3) is 0.625. The molecule has 4 amide bonds. The third kappa shape index (κ3) is 4.96. The Hall–Kier alpha value is -0.910. The SMILES string of the molecule is CC(=O)NC(=O)N(Br)C(=O)CC(C)C. The van der Waals surface area contributed by atoms with E-state index in [-0.39, 0.29) is 18.2 Å². The molecule has 0 saturated carbocycles. The quantitative estimate of drug-likeness (QED) is 0.768. The van der Waals surface area contributed by atoms with Gasteiger partial charge in [-0.15, -0.1) is 0 Å². The normalized spacial score (nSPS) is 9.79. The minimum Gasteiger partial charge on any atom is -0.277 e. The molecule has 0 aliphatic rings. The van der Waals surface area contributed by atoms with Crippen LogP contribution in [-0.4, -0.2) is 21.8 Å². The summed E-state index contributed by atoms with van der Waals surface area (Å²) in [5.74, 6) is -0.719. The van der Waals surface area contributed by atoms with Gasteiger partial charge < -0.3 is 0 Å². The summed E-state index contributed by atoms with van der Waals surface area (Å²) in [6, 6.07) is -0.761. The molecule has 0 aromatic heterocycles. The maximum atomic E-state index is 11.3. The second-order valence-electron chi connectivity index (χ2n) is 3.26. The highest BCUT2D eigenvalue weighted by Crippen LogP contribution is 2.08. The van der Waals surface area contributed by atoms with Gasteiger partial charge in [0.05, 0.1) is 16.1 Å². The van der Waals surface area contributed by atoms with Crippen molar-refractivity contribution in [3.05, 3.63) is 0 Å². The van der Waals surface area contributed by atoms with E-state index in [9.17, 15) is 14.4 Å². The van der Waals surface area contributed by atoms with E-state index in [1.54, 1.807) is 0 Å². The summed E-state index contributed by atoms with van der Waals surface area (Å²) in [6.07, 6.45) is 0.247. The molecule has 6 heteroatoms. The summed E-state index contributed by atoms with van der Waals surface area (Å²) >= 11 is 2.79. The monoisotopic (exact) mass is 264 g/mol. The fourth-order valence-electron chi connectivity index (χ4n) is 0.742. The predicted molar refractivity (Wildman–Crippen MR) is 54.4 cm³/mol. The summed E-state index contributed by atoms with van der Waals surface area (Å²) in [7, 11) is 0. The van der Waals surface area contributed by atoms with Crippen LogP contribution in [0.1, 0.15) is 27.2 Å². The molecule has 0 aromatic rings. The number of hydrogen-bond donors (Lipinski definition) is 1. The lowest BCUT2D eigenvalue weighted by molar-refractivity contribution is -0.124. The van der Waals surface area contributed by atoms with Crippen LogP contribution >= 0.6 is 16.1 Å². The lowest BCUT2D eigenvalue weighted by Gasteiger charge is -2.13. The highest BCUT2D eigenvalue weighted by Gasteiger charge is 2.20. The number of imide groups is 2. The van der Waals surface area contributed by atoms with Crippen molar-refractivity contribution >= 4 is 34.0 Å². The Morgan fingerprint density at radius 2 is 1.86 bits per heavy atom. The van der Waals surface area contributed by atoms with Crippen molar-refractivity contribution in [3.63, 3.8) is 0 Å². The Balaban J connectivity index is 4.17. The zero-order chi connectivity index (χ0) is 11.3. The predicted octanol–water partition coefficient (Wildman–Crippen LogP) is 1.43. The molecular formula is C8H13BrN2O3. The Kier molecular flexibility index (Phi) is 5.37.